The second kappa shape index (κ2) is 3.32. The summed E-state index contributed by atoms with van der Waals surface area (Å²) < 4.78 is 23.8. The van der Waals surface area contributed by atoms with E-state index >= 15 is 0 Å². The van der Waals surface area contributed by atoms with E-state index < -0.39 is 10.0 Å². The highest BCUT2D eigenvalue weighted by atomic mass is 32.2. The van der Waals surface area contributed by atoms with Crippen molar-refractivity contribution in [1.29, 1.82) is 0 Å². The molecule has 1 saturated heterocycles. The topological polar surface area (TPSA) is 40.6 Å². The minimum absolute atomic E-state index is 0.389. The van der Waals surface area contributed by atoms with Crippen LogP contribution in [0.15, 0.2) is 0 Å². The molecule has 0 aromatic rings. The zero-order chi connectivity index (χ0) is 9.35. The predicted molar refractivity (Wildman–Crippen MR) is 48.5 cm³/mol. The van der Waals surface area contributed by atoms with Crippen LogP contribution in [-0.2, 0) is 10.0 Å². The Balaban J connectivity index is 2.58. The zero-order valence-corrected chi connectivity index (χ0v) is 8.63. The van der Waals surface area contributed by atoms with E-state index in [4.69, 9.17) is 0 Å². The SMILES string of the molecule is CN(C)[C@@H]1CCN(S(C)(=O)=O)C1. The van der Waals surface area contributed by atoms with Crippen LogP contribution in [0.1, 0.15) is 6.42 Å². The third-order valence-corrected chi connectivity index (χ3v) is 3.60. The summed E-state index contributed by atoms with van der Waals surface area (Å²) in [5, 5.41) is 0. The van der Waals surface area contributed by atoms with Crippen molar-refractivity contribution in [3.05, 3.63) is 0 Å². The van der Waals surface area contributed by atoms with E-state index in [-0.39, 0.29) is 0 Å². The Morgan fingerprint density at radius 1 is 1.42 bits per heavy atom. The highest BCUT2D eigenvalue weighted by Gasteiger charge is 2.29. The Morgan fingerprint density at radius 3 is 2.25 bits per heavy atom. The van der Waals surface area contributed by atoms with Gasteiger partial charge in [-0.15, -0.1) is 0 Å². The van der Waals surface area contributed by atoms with Crippen LogP contribution >= 0.6 is 0 Å². The molecule has 0 unspecified atom stereocenters. The van der Waals surface area contributed by atoms with Gasteiger partial charge in [-0.05, 0) is 20.5 Å². The van der Waals surface area contributed by atoms with E-state index in [1.54, 1.807) is 0 Å². The van der Waals surface area contributed by atoms with Crippen LogP contribution in [0.25, 0.3) is 0 Å². The van der Waals surface area contributed by atoms with E-state index in [2.05, 4.69) is 4.90 Å². The van der Waals surface area contributed by atoms with Gasteiger partial charge in [0.1, 0.15) is 0 Å². The van der Waals surface area contributed by atoms with Crippen LogP contribution in [-0.4, -0.2) is 57.1 Å². The molecule has 0 spiro atoms. The molecule has 72 valence electrons. The fraction of sp³-hybridized carbons (Fsp3) is 1.00. The Labute approximate surface area is 74.2 Å². The highest BCUT2D eigenvalue weighted by Crippen LogP contribution is 2.15. The lowest BCUT2D eigenvalue weighted by atomic mass is 10.2. The average molecular weight is 192 g/mol. The molecule has 12 heavy (non-hydrogen) atoms. The molecule has 1 atom stereocenters. The number of likely N-dealkylation sites (N-methyl/N-ethyl adjacent to an activating group) is 1. The van der Waals surface area contributed by atoms with Gasteiger partial charge >= 0.3 is 0 Å². The van der Waals surface area contributed by atoms with E-state index in [0.717, 1.165) is 6.42 Å². The molecule has 5 heteroatoms. The number of hydrogen-bond donors (Lipinski definition) is 0. The van der Waals surface area contributed by atoms with Gasteiger partial charge in [0.2, 0.25) is 10.0 Å². The molecule has 1 rings (SSSR count). The van der Waals surface area contributed by atoms with Gasteiger partial charge in [-0.1, -0.05) is 0 Å². The second-order valence-corrected chi connectivity index (χ2v) is 5.51. The summed E-state index contributed by atoms with van der Waals surface area (Å²) in [6.07, 6.45) is 2.21. The summed E-state index contributed by atoms with van der Waals surface area (Å²) in [6.45, 7) is 1.31. The molecule has 1 aliphatic heterocycles. The van der Waals surface area contributed by atoms with E-state index in [1.807, 2.05) is 14.1 Å². The lowest BCUT2D eigenvalue weighted by Crippen LogP contribution is -2.33. The lowest BCUT2D eigenvalue weighted by molar-refractivity contribution is 0.302. The number of sulfonamides is 1. The molecular formula is C7H16N2O2S. The summed E-state index contributed by atoms with van der Waals surface area (Å²) >= 11 is 0. The van der Waals surface area contributed by atoms with Crippen LogP contribution < -0.4 is 0 Å². The van der Waals surface area contributed by atoms with Crippen molar-refractivity contribution < 1.29 is 8.42 Å². The molecule has 0 aliphatic carbocycles. The number of nitrogens with zero attached hydrogens (tertiary/aromatic N) is 2. The van der Waals surface area contributed by atoms with Crippen molar-refractivity contribution in [1.82, 2.24) is 9.21 Å². The van der Waals surface area contributed by atoms with Gasteiger partial charge in [0.15, 0.2) is 0 Å². The third kappa shape index (κ3) is 2.18. The fourth-order valence-electron chi connectivity index (χ4n) is 1.43. The van der Waals surface area contributed by atoms with Crippen LogP contribution in [0.4, 0.5) is 0 Å². The third-order valence-electron chi connectivity index (χ3n) is 2.33. The maximum absolute atomic E-state index is 11.1. The van der Waals surface area contributed by atoms with Crippen molar-refractivity contribution in [2.75, 3.05) is 33.4 Å². The quantitative estimate of drug-likeness (QED) is 0.597. The summed E-state index contributed by atoms with van der Waals surface area (Å²) in [4.78, 5) is 2.07. The second-order valence-electron chi connectivity index (χ2n) is 3.53. The summed E-state index contributed by atoms with van der Waals surface area (Å²) in [6, 6.07) is 0.389. The first kappa shape index (κ1) is 9.95. The smallest absolute Gasteiger partial charge is 0.211 e. The lowest BCUT2D eigenvalue weighted by Gasteiger charge is -2.18. The minimum Gasteiger partial charge on any atom is -0.305 e. The largest absolute Gasteiger partial charge is 0.305 e. The molecule has 4 nitrogen and oxygen atoms in total. The van der Waals surface area contributed by atoms with Crippen molar-refractivity contribution in [3.8, 4) is 0 Å². The van der Waals surface area contributed by atoms with Crippen molar-refractivity contribution in [2.24, 2.45) is 0 Å². The summed E-state index contributed by atoms with van der Waals surface area (Å²) in [7, 11) is 1.00. The number of hydrogen-bond acceptors (Lipinski definition) is 3. The molecule has 1 heterocycles. The first-order chi connectivity index (χ1) is 5.41. The molecular weight excluding hydrogens is 176 g/mol. The Bertz CT molecular complexity index is 248. The first-order valence-electron chi connectivity index (χ1n) is 4.03. The first-order valence-corrected chi connectivity index (χ1v) is 5.87. The van der Waals surface area contributed by atoms with Crippen LogP contribution in [0, 0.1) is 0 Å². The Morgan fingerprint density at radius 2 is 2.00 bits per heavy atom. The van der Waals surface area contributed by atoms with E-state index in [1.165, 1.54) is 10.6 Å². The fourth-order valence-corrected chi connectivity index (χ4v) is 2.31. The van der Waals surface area contributed by atoms with E-state index in [9.17, 15) is 8.42 Å². The van der Waals surface area contributed by atoms with Gasteiger partial charge in [-0.3, -0.25) is 0 Å². The molecule has 0 aromatic carbocycles. The molecule has 0 bridgehead atoms. The van der Waals surface area contributed by atoms with Crippen LogP contribution in [0.5, 0.6) is 0 Å². The summed E-state index contributed by atoms with van der Waals surface area (Å²) in [5.41, 5.74) is 0. The predicted octanol–water partition coefficient (Wildman–Crippen LogP) is -0.418. The molecule has 0 saturated carbocycles. The summed E-state index contributed by atoms with van der Waals surface area (Å²) in [5.74, 6) is 0. The molecule has 1 aliphatic rings. The van der Waals surface area contributed by atoms with Gasteiger partial charge in [0, 0.05) is 19.1 Å². The Kier molecular flexibility index (Phi) is 2.75. The van der Waals surface area contributed by atoms with Gasteiger partial charge in [-0.2, -0.15) is 0 Å². The maximum atomic E-state index is 11.1. The zero-order valence-electron chi connectivity index (χ0n) is 7.82. The molecule has 0 radical (unpaired) electrons. The monoisotopic (exact) mass is 192 g/mol. The van der Waals surface area contributed by atoms with Gasteiger partial charge < -0.3 is 4.90 Å². The molecule has 0 amide bonds. The van der Waals surface area contributed by atoms with Gasteiger partial charge in [0.05, 0.1) is 6.26 Å². The van der Waals surface area contributed by atoms with Crippen LogP contribution in [0.2, 0.25) is 0 Å². The van der Waals surface area contributed by atoms with Crippen molar-refractivity contribution >= 4 is 10.0 Å². The normalized spacial score (nSPS) is 26.8. The molecule has 1 fully saturated rings. The maximum Gasteiger partial charge on any atom is 0.211 e. The number of rotatable bonds is 2. The van der Waals surface area contributed by atoms with Crippen LogP contribution in [0.3, 0.4) is 0 Å². The Hall–Kier alpha value is -0.130. The van der Waals surface area contributed by atoms with Crippen molar-refractivity contribution in [3.63, 3.8) is 0 Å². The average Bonchev–Trinajstić information content (AvgIpc) is 2.30. The standard InChI is InChI=1S/C7H16N2O2S/c1-8(2)7-4-5-9(6-7)12(3,10)11/h7H,4-6H2,1-3H3/t7-/m1/s1. The van der Waals surface area contributed by atoms with Gasteiger partial charge in [0.25, 0.3) is 0 Å². The highest BCUT2D eigenvalue weighted by molar-refractivity contribution is 7.88. The minimum atomic E-state index is -2.96. The molecule has 0 aromatic heterocycles. The van der Waals surface area contributed by atoms with Gasteiger partial charge in [-0.25, -0.2) is 12.7 Å². The molecule has 0 N–H and O–H groups in total. The van der Waals surface area contributed by atoms with Crippen molar-refractivity contribution in [2.45, 2.75) is 12.5 Å². The van der Waals surface area contributed by atoms with E-state index in [0.29, 0.717) is 19.1 Å².